The van der Waals surface area contributed by atoms with Gasteiger partial charge in [-0.25, -0.2) is 13.2 Å². The lowest BCUT2D eigenvalue weighted by molar-refractivity contribution is 0.0459. The van der Waals surface area contributed by atoms with Gasteiger partial charge in [-0.3, -0.25) is 0 Å². The number of furan rings is 1. The molecule has 3 rings (SSSR count). The summed E-state index contributed by atoms with van der Waals surface area (Å²) in [6, 6.07) is 9.34. The molecular formula is C16H11F2NO6S. The number of aromatic nitrogens is 1. The van der Waals surface area contributed by atoms with Crippen LogP contribution in [-0.4, -0.2) is 25.3 Å². The molecule has 1 aromatic carbocycles. The highest BCUT2D eigenvalue weighted by atomic mass is 32.2. The molecule has 7 nitrogen and oxygen atoms in total. The highest BCUT2D eigenvalue weighted by Crippen LogP contribution is 2.24. The number of sulfone groups is 1. The van der Waals surface area contributed by atoms with Crippen LogP contribution in [0.15, 0.2) is 62.6 Å². The minimum absolute atomic E-state index is 0.235. The van der Waals surface area contributed by atoms with E-state index < -0.39 is 32.0 Å². The molecule has 0 amide bonds. The van der Waals surface area contributed by atoms with Crippen molar-refractivity contribution >= 4 is 15.8 Å². The van der Waals surface area contributed by atoms with Crippen LogP contribution in [0.5, 0.6) is 0 Å². The highest BCUT2D eigenvalue weighted by molar-refractivity contribution is 7.91. The molecule has 0 atom stereocenters. The minimum atomic E-state index is -4.94. The van der Waals surface area contributed by atoms with E-state index in [9.17, 15) is 22.0 Å². The van der Waals surface area contributed by atoms with E-state index in [0.29, 0.717) is 11.5 Å². The molecule has 3 aromatic rings. The van der Waals surface area contributed by atoms with Gasteiger partial charge in [-0.2, -0.15) is 8.78 Å². The Kier molecular flexibility index (Phi) is 4.85. The number of carbonyl (C=O) groups is 1. The predicted octanol–water partition coefficient (Wildman–Crippen LogP) is 3.29. The van der Waals surface area contributed by atoms with Gasteiger partial charge in [-0.1, -0.05) is 17.3 Å². The summed E-state index contributed by atoms with van der Waals surface area (Å²) in [5.41, 5.74) is -0.249. The van der Waals surface area contributed by atoms with E-state index in [1.807, 2.05) is 0 Å². The molecule has 0 fully saturated rings. The molecule has 0 radical (unpaired) electrons. The molecule has 0 spiro atoms. The van der Waals surface area contributed by atoms with E-state index in [-0.39, 0.29) is 12.3 Å². The first-order valence-corrected chi connectivity index (χ1v) is 8.72. The summed E-state index contributed by atoms with van der Waals surface area (Å²) in [5.74, 6) is -4.00. The van der Waals surface area contributed by atoms with Crippen molar-refractivity contribution in [3.63, 3.8) is 0 Å². The zero-order chi connectivity index (χ0) is 18.7. The first-order chi connectivity index (χ1) is 12.4. The molecule has 0 bridgehead atoms. The van der Waals surface area contributed by atoms with E-state index in [2.05, 4.69) is 5.16 Å². The van der Waals surface area contributed by atoms with Gasteiger partial charge in [0.25, 0.3) is 0 Å². The van der Waals surface area contributed by atoms with Crippen molar-refractivity contribution < 1.29 is 35.7 Å². The van der Waals surface area contributed by atoms with Crippen LogP contribution in [0.25, 0.3) is 11.5 Å². The van der Waals surface area contributed by atoms with Crippen LogP contribution < -0.4 is 0 Å². The monoisotopic (exact) mass is 383 g/mol. The first-order valence-electron chi connectivity index (χ1n) is 7.17. The fourth-order valence-electron chi connectivity index (χ4n) is 2.11. The SMILES string of the molecule is O=C(OCc1cc(-c2ccco2)on1)c1ccccc1S(=O)(=O)C(F)F. The third kappa shape index (κ3) is 3.49. The highest BCUT2D eigenvalue weighted by Gasteiger charge is 2.31. The van der Waals surface area contributed by atoms with Crippen molar-refractivity contribution in [2.45, 2.75) is 17.3 Å². The summed E-state index contributed by atoms with van der Waals surface area (Å²) in [7, 11) is -4.94. The Hall–Kier alpha value is -3.01. The zero-order valence-electron chi connectivity index (χ0n) is 13.0. The second-order valence-electron chi connectivity index (χ2n) is 5.04. The largest absolute Gasteiger partial charge is 0.461 e. The number of hydrogen-bond acceptors (Lipinski definition) is 7. The van der Waals surface area contributed by atoms with Gasteiger partial charge in [0.15, 0.2) is 5.76 Å². The van der Waals surface area contributed by atoms with Gasteiger partial charge in [-0.05, 0) is 24.3 Å². The van der Waals surface area contributed by atoms with Crippen LogP contribution in [0.4, 0.5) is 8.78 Å². The van der Waals surface area contributed by atoms with E-state index >= 15 is 0 Å². The van der Waals surface area contributed by atoms with Crippen LogP contribution in [-0.2, 0) is 21.2 Å². The topological polar surface area (TPSA) is 99.6 Å². The number of alkyl halides is 2. The number of halogens is 2. The van der Waals surface area contributed by atoms with Crippen molar-refractivity contribution in [1.82, 2.24) is 5.16 Å². The van der Waals surface area contributed by atoms with Crippen LogP contribution >= 0.6 is 0 Å². The third-order valence-electron chi connectivity index (χ3n) is 3.32. The van der Waals surface area contributed by atoms with Crippen molar-refractivity contribution in [1.29, 1.82) is 0 Å². The predicted molar refractivity (Wildman–Crippen MR) is 83.0 cm³/mol. The maximum atomic E-state index is 12.8. The summed E-state index contributed by atoms with van der Waals surface area (Å²) in [4.78, 5) is 11.3. The van der Waals surface area contributed by atoms with Crippen LogP contribution in [0.1, 0.15) is 16.1 Å². The van der Waals surface area contributed by atoms with Crippen LogP contribution in [0, 0.1) is 0 Å². The molecule has 0 N–H and O–H groups in total. The number of rotatable bonds is 6. The maximum absolute atomic E-state index is 12.8. The zero-order valence-corrected chi connectivity index (χ0v) is 13.8. The average Bonchev–Trinajstić information content (AvgIpc) is 3.30. The summed E-state index contributed by atoms with van der Waals surface area (Å²) >= 11 is 0. The van der Waals surface area contributed by atoms with Gasteiger partial charge in [0.1, 0.15) is 12.3 Å². The van der Waals surface area contributed by atoms with E-state index in [1.165, 1.54) is 24.5 Å². The molecule has 0 aliphatic heterocycles. The minimum Gasteiger partial charge on any atom is -0.461 e. The fourth-order valence-corrected chi connectivity index (χ4v) is 3.03. The number of hydrogen-bond donors (Lipinski definition) is 0. The van der Waals surface area contributed by atoms with E-state index in [0.717, 1.165) is 12.1 Å². The molecule has 0 aliphatic carbocycles. The van der Waals surface area contributed by atoms with Gasteiger partial charge in [0.05, 0.1) is 16.7 Å². The molecule has 2 heterocycles. The lowest BCUT2D eigenvalue weighted by Crippen LogP contribution is -2.17. The Bertz CT molecular complexity index is 1010. The first kappa shape index (κ1) is 17.8. The number of esters is 1. The Balaban J connectivity index is 1.76. The molecule has 0 saturated carbocycles. The van der Waals surface area contributed by atoms with Gasteiger partial charge >= 0.3 is 11.7 Å². The number of benzene rings is 1. The number of nitrogens with zero attached hydrogens (tertiary/aromatic N) is 1. The van der Waals surface area contributed by atoms with Crippen LogP contribution in [0.3, 0.4) is 0 Å². The Morgan fingerprint density at radius 2 is 1.92 bits per heavy atom. The van der Waals surface area contributed by atoms with Gasteiger partial charge in [0, 0.05) is 6.07 Å². The second kappa shape index (κ2) is 7.08. The second-order valence-corrected chi connectivity index (χ2v) is 6.92. The average molecular weight is 383 g/mol. The number of carbonyl (C=O) groups excluding carboxylic acids is 1. The van der Waals surface area contributed by atoms with Crippen LogP contribution in [0.2, 0.25) is 0 Å². The molecule has 2 aromatic heterocycles. The molecular weight excluding hydrogens is 372 g/mol. The Morgan fingerprint density at radius 1 is 1.15 bits per heavy atom. The summed E-state index contributed by atoms with van der Waals surface area (Å²) < 4.78 is 64.0. The lowest BCUT2D eigenvalue weighted by Gasteiger charge is -2.09. The smallest absolute Gasteiger partial charge is 0.341 e. The standard InChI is InChI=1S/C16H11F2NO6S/c17-16(18)26(21,22)14-6-2-1-4-11(14)15(20)24-9-10-8-13(25-19-10)12-5-3-7-23-12/h1-8,16H,9H2. The quantitative estimate of drug-likeness (QED) is 0.602. The van der Waals surface area contributed by atoms with Crippen molar-refractivity contribution in [2.24, 2.45) is 0 Å². The molecule has 10 heteroatoms. The normalized spacial score (nSPS) is 11.7. The fraction of sp³-hybridized carbons (Fsp3) is 0.125. The number of ether oxygens (including phenoxy) is 1. The Morgan fingerprint density at radius 3 is 2.62 bits per heavy atom. The van der Waals surface area contributed by atoms with Gasteiger partial charge in [-0.15, -0.1) is 0 Å². The van der Waals surface area contributed by atoms with Crippen molar-refractivity contribution in [2.75, 3.05) is 0 Å². The van der Waals surface area contributed by atoms with Crippen molar-refractivity contribution in [3.05, 3.63) is 60.0 Å². The Labute approximate surface area is 146 Å². The summed E-state index contributed by atoms with van der Waals surface area (Å²) in [6.07, 6.45) is 1.44. The maximum Gasteiger partial charge on any atom is 0.341 e. The molecule has 26 heavy (non-hydrogen) atoms. The van der Waals surface area contributed by atoms with Crippen molar-refractivity contribution in [3.8, 4) is 11.5 Å². The van der Waals surface area contributed by atoms with Gasteiger partial charge < -0.3 is 13.7 Å². The van der Waals surface area contributed by atoms with E-state index in [1.54, 1.807) is 12.1 Å². The third-order valence-corrected chi connectivity index (χ3v) is 4.76. The molecule has 136 valence electrons. The molecule has 0 saturated heterocycles. The summed E-state index contributed by atoms with van der Waals surface area (Å²) in [6.45, 7) is -0.341. The lowest BCUT2D eigenvalue weighted by atomic mass is 10.2. The van der Waals surface area contributed by atoms with E-state index in [4.69, 9.17) is 13.7 Å². The molecule has 0 unspecified atom stereocenters. The summed E-state index contributed by atoms with van der Waals surface area (Å²) in [5, 5.41) is 3.69. The van der Waals surface area contributed by atoms with Gasteiger partial charge in [0.2, 0.25) is 15.6 Å². The molecule has 0 aliphatic rings.